The number of fused-ring (bicyclic) bond motifs is 13. The summed E-state index contributed by atoms with van der Waals surface area (Å²) in [5, 5.41) is 6.81. The second kappa shape index (κ2) is 48.1. The van der Waals surface area contributed by atoms with Crippen LogP contribution in [0.25, 0.3) is 77.2 Å². The van der Waals surface area contributed by atoms with E-state index in [1.54, 1.807) is 31.1 Å². The normalized spacial score (nSPS) is 14.0. The molecular formula is C118H94Ir4N24O3-16. The maximum atomic E-state index is 5.99. The molecule has 756 valence electrons. The van der Waals surface area contributed by atoms with Crippen molar-refractivity contribution in [2.24, 2.45) is 0 Å². The molecule has 15 heterocycles. The van der Waals surface area contributed by atoms with Crippen molar-refractivity contribution in [1.29, 1.82) is 0 Å². The van der Waals surface area contributed by atoms with Gasteiger partial charge in [-0.3, -0.25) is 0 Å². The van der Waals surface area contributed by atoms with Crippen LogP contribution in [-0.4, -0.2) is 109 Å². The van der Waals surface area contributed by atoms with E-state index in [-0.39, 0.29) is 80.4 Å². The fourth-order valence-corrected chi connectivity index (χ4v) is 17.1. The van der Waals surface area contributed by atoms with Gasteiger partial charge in [0.25, 0.3) is 0 Å². The summed E-state index contributed by atoms with van der Waals surface area (Å²) in [5.41, 5.74) is 18.4. The number of para-hydroxylation sites is 9. The molecule has 0 saturated carbocycles. The molecule has 0 aliphatic carbocycles. The van der Waals surface area contributed by atoms with Gasteiger partial charge in [0.05, 0.1) is 23.8 Å². The minimum Gasteiger partial charge on any atom is -0.514 e. The summed E-state index contributed by atoms with van der Waals surface area (Å²) >= 11 is 0. The van der Waals surface area contributed by atoms with Crippen molar-refractivity contribution in [3.8, 4) is 11.4 Å². The molecule has 27 nitrogen and oxygen atoms in total. The average molecular weight is 2670 g/mol. The van der Waals surface area contributed by atoms with Gasteiger partial charge in [-0.2, -0.15) is 246 Å². The molecule has 20 aromatic rings. The van der Waals surface area contributed by atoms with Crippen molar-refractivity contribution in [1.82, 2.24) is 59.5 Å². The van der Waals surface area contributed by atoms with Gasteiger partial charge >= 0.3 is 0 Å². The first-order valence-electron chi connectivity index (χ1n) is 46.6. The maximum Gasteiger partial charge on any atom is 0.161 e. The molecule has 0 spiro atoms. The van der Waals surface area contributed by atoms with E-state index < -0.39 is 0 Å². The third-order valence-electron chi connectivity index (χ3n) is 24.1. The SMILES string of the molecule is CN1C=CN(c2[c-]ccc3c2oc2ccccc23)[CH-]1.CN1C=CN(c2[c-]ccc3c2oc2ccccc23)[CH-]1.CN1C=CN(c2[c-]ccc3c2oc2ccccc23)[CH-]1.CN1C=CN(c2[c-]cccc2)[CH-]1.CN1[CH-]N(c2[c-]cccc2)c2cncnc21.CN1[CH-]N(c2[c-]cccc2)c2nccnc21.Cc1ccccc1-c1ncc2c(n1)N(c1[c-]cccc1)[CH-]N2C.[Ir].[Ir].[Ir].[Ir].[c-]1ccccc1N1[CH-]N(c2ccccc2)c2nccnc21. The molecule has 149 heavy (non-hydrogen) atoms. The van der Waals surface area contributed by atoms with E-state index in [1.165, 1.54) is 5.56 Å². The summed E-state index contributed by atoms with van der Waals surface area (Å²) in [6.07, 6.45) is 28.0. The summed E-state index contributed by atoms with van der Waals surface area (Å²) in [6, 6.07) is 120. The van der Waals surface area contributed by atoms with E-state index in [0.717, 1.165) is 175 Å². The van der Waals surface area contributed by atoms with E-state index >= 15 is 0 Å². The summed E-state index contributed by atoms with van der Waals surface area (Å²) < 4.78 is 18.0. The van der Waals surface area contributed by atoms with E-state index in [9.17, 15) is 0 Å². The Hall–Kier alpha value is -16.1. The molecule has 7 aromatic heterocycles. The predicted molar refractivity (Wildman–Crippen MR) is 577 cm³/mol. The van der Waals surface area contributed by atoms with Crippen LogP contribution in [0.3, 0.4) is 0 Å². The maximum absolute atomic E-state index is 5.99. The van der Waals surface area contributed by atoms with Crippen LogP contribution in [0.15, 0.2) is 391 Å². The van der Waals surface area contributed by atoms with Crippen LogP contribution in [-0.2, 0) is 80.4 Å². The smallest absolute Gasteiger partial charge is 0.161 e. The molecular weight excluding hydrogens is 2570 g/mol. The minimum atomic E-state index is 0. The third-order valence-corrected chi connectivity index (χ3v) is 24.1. The molecule has 13 aromatic carbocycles. The number of hydrogen-bond donors (Lipinski definition) is 0. The third kappa shape index (κ3) is 22.9. The Morgan fingerprint density at radius 1 is 0.262 bits per heavy atom. The summed E-state index contributed by atoms with van der Waals surface area (Å²) in [4.78, 5) is 67.3. The van der Waals surface area contributed by atoms with E-state index in [1.807, 2.05) is 498 Å². The fourth-order valence-electron chi connectivity index (χ4n) is 17.1. The van der Waals surface area contributed by atoms with Crippen LogP contribution in [0, 0.1) is 109 Å². The zero-order valence-corrected chi connectivity index (χ0v) is 91.3. The van der Waals surface area contributed by atoms with Crippen LogP contribution in [0.1, 0.15) is 5.56 Å². The molecule has 0 fully saturated rings. The van der Waals surface area contributed by atoms with Gasteiger partial charge in [0.2, 0.25) is 0 Å². The number of nitrogens with zero attached hydrogens (tertiary/aromatic N) is 24. The molecule has 28 rings (SSSR count). The van der Waals surface area contributed by atoms with Gasteiger partial charge in [-0.1, -0.05) is 130 Å². The van der Waals surface area contributed by atoms with Crippen LogP contribution >= 0.6 is 0 Å². The monoisotopic (exact) mass is 2670 g/mol. The minimum absolute atomic E-state index is 0. The summed E-state index contributed by atoms with van der Waals surface area (Å²) in [5.74, 6) is 5.86. The number of anilines is 17. The molecule has 4 radical (unpaired) electrons. The Morgan fingerprint density at radius 3 is 1.06 bits per heavy atom. The van der Waals surface area contributed by atoms with Gasteiger partial charge in [0, 0.05) is 149 Å². The molecule has 0 unspecified atom stereocenters. The standard InChI is InChI=1S/C19H16N4.C17H12N4.3C16H12N2O.2C12H10N4.C10H10N2.4Ir/c1-14-8-6-7-11-16(14)18-20-12-17-19(21-18)23(13-22(17)2)15-9-4-3-5-10-15;1-3-7-14(8-4-1)20-13-21(15-9-5-2-6-10-15)17-16(20)18-11-12-19-17;3*1-17-9-10-18(11-17)14-7-4-6-13-12-5-2-3-8-15(12)19-16(13)14;1-15-9-16(10-5-3-2-4-6-10)11-7-13-8-14-12(11)15;1-15-9-16(10-5-3-2-4-6-10)12-11(15)13-7-8-14-12;1-11-7-8-12(9-11)10-5-3-2-4-6-10;;;;/h3-9,11-13H,1-2H3;1-9,11-13H;3*2-6,8-11H,1H3;2*2-5,7-9H,1H3;2-5,7-9H,1H3;;;;/q8*-2;;;;. The quantitative estimate of drug-likeness (QED) is 0.117. The average Bonchev–Trinajstić information content (AvgIpc) is 1.61. The van der Waals surface area contributed by atoms with Gasteiger partial charge in [0.15, 0.2) is 5.82 Å². The Balaban J connectivity index is 0.000000116. The van der Waals surface area contributed by atoms with Crippen LogP contribution in [0.5, 0.6) is 0 Å². The first-order chi connectivity index (χ1) is 71.2. The number of furan rings is 3. The molecule has 0 amide bonds. The molecule has 31 heteroatoms. The van der Waals surface area contributed by atoms with Crippen LogP contribution < -0.4 is 58.8 Å². The van der Waals surface area contributed by atoms with Crippen molar-refractivity contribution in [3.05, 3.63) is 486 Å². The van der Waals surface area contributed by atoms with Crippen LogP contribution in [0.2, 0.25) is 0 Å². The number of aryl methyl sites for hydroxylation is 1. The summed E-state index contributed by atoms with van der Waals surface area (Å²) in [7, 11) is 13.9. The van der Waals surface area contributed by atoms with Crippen molar-refractivity contribution in [3.63, 3.8) is 0 Å². The number of hydrogen-bond acceptors (Lipinski definition) is 27. The Labute approximate surface area is 920 Å². The van der Waals surface area contributed by atoms with Gasteiger partial charge in [0.1, 0.15) is 58.0 Å². The topological polar surface area (TPSA) is 194 Å². The van der Waals surface area contributed by atoms with Crippen molar-refractivity contribution < 1.29 is 93.7 Å². The zero-order valence-electron chi connectivity index (χ0n) is 81.7. The van der Waals surface area contributed by atoms with E-state index in [4.69, 9.17) is 18.2 Å². The van der Waals surface area contributed by atoms with Crippen molar-refractivity contribution in [2.75, 3.05) is 108 Å². The predicted octanol–water partition coefficient (Wildman–Crippen LogP) is 24.6. The summed E-state index contributed by atoms with van der Waals surface area (Å²) in [6.45, 7) is 18.0. The molecule has 0 atom stereocenters. The molecule has 8 aliphatic rings. The van der Waals surface area contributed by atoms with Gasteiger partial charge < -0.3 is 91.7 Å². The second-order valence-electron chi connectivity index (χ2n) is 34.0. The number of benzene rings is 13. The Morgan fingerprint density at radius 2 is 0.624 bits per heavy atom. The first-order valence-corrected chi connectivity index (χ1v) is 46.6. The van der Waals surface area contributed by atoms with Gasteiger partial charge in [-0.05, 0) is 142 Å². The number of rotatable bonds is 10. The second-order valence-corrected chi connectivity index (χ2v) is 34.0. The first kappa shape index (κ1) is 104. The van der Waals surface area contributed by atoms with Gasteiger partial charge in [-0.25, -0.2) is 39.9 Å². The van der Waals surface area contributed by atoms with Crippen molar-refractivity contribution in [2.45, 2.75) is 6.92 Å². The Bertz CT molecular complexity index is 7540. The molecule has 0 saturated heterocycles. The van der Waals surface area contributed by atoms with Gasteiger partial charge in [-0.15, -0.1) is 41.8 Å². The van der Waals surface area contributed by atoms with E-state index in [2.05, 4.69) is 121 Å². The fraction of sp³-hybridized carbons (Fsp3) is 0.0678. The zero-order chi connectivity index (χ0) is 98.6. The largest absolute Gasteiger partial charge is 0.514 e. The van der Waals surface area contributed by atoms with Crippen molar-refractivity contribution >= 4 is 163 Å². The van der Waals surface area contributed by atoms with E-state index in [0.29, 0.717) is 0 Å². The Kier molecular flexibility index (Phi) is 33.7. The molecule has 0 bridgehead atoms. The molecule has 8 aliphatic heterocycles. The van der Waals surface area contributed by atoms with Crippen LogP contribution in [0.4, 0.5) is 97.5 Å². The number of aromatic nitrogens is 8. The molecule has 0 N–H and O–H groups in total.